The molecule has 2 aliphatic rings. The number of hydrogen-bond acceptors (Lipinski definition) is 3. The molecule has 3 rings (SSSR count). The molecule has 1 aliphatic heterocycles. The third kappa shape index (κ3) is 6.87. The van der Waals surface area contributed by atoms with E-state index in [-0.39, 0.29) is 36.0 Å². The van der Waals surface area contributed by atoms with Crippen LogP contribution in [-0.2, 0) is 4.79 Å². The summed E-state index contributed by atoms with van der Waals surface area (Å²) >= 11 is 0. The molecule has 5 amide bonds. The summed E-state index contributed by atoms with van der Waals surface area (Å²) in [5, 5.41) is 11.7. The van der Waals surface area contributed by atoms with Gasteiger partial charge in [0.25, 0.3) is 0 Å². The average molecular weight is 430 g/mol. The fraction of sp³-hybridized carbons (Fsp3) is 0.609. The Morgan fingerprint density at radius 3 is 2.13 bits per heavy atom. The summed E-state index contributed by atoms with van der Waals surface area (Å²) in [5.41, 5.74) is 1.35. The zero-order chi connectivity index (χ0) is 22.2. The standard InChI is InChI=1S/C23H35N5O3/c1-3-16(2)24-21(29)17-12-14-28(15-13-17)23(31)27-20-10-8-19(9-11-20)26-22(30)25-18-6-4-5-7-18/h8-11,16-18H,3-7,12-15H2,1-2H3,(H,24,29)(H,27,31)(H2,25,26,30). The smallest absolute Gasteiger partial charge is 0.321 e. The molecule has 1 aromatic carbocycles. The van der Waals surface area contributed by atoms with Gasteiger partial charge in [-0.2, -0.15) is 0 Å². The van der Waals surface area contributed by atoms with E-state index in [0.717, 1.165) is 19.3 Å². The number of hydrogen-bond donors (Lipinski definition) is 4. The molecular formula is C23H35N5O3. The zero-order valence-electron chi connectivity index (χ0n) is 18.6. The number of urea groups is 2. The van der Waals surface area contributed by atoms with Gasteiger partial charge in [-0.25, -0.2) is 9.59 Å². The first kappa shape index (κ1) is 22.9. The first-order valence-electron chi connectivity index (χ1n) is 11.5. The Hall–Kier alpha value is -2.77. The van der Waals surface area contributed by atoms with Gasteiger partial charge in [0.05, 0.1) is 0 Å². The van der Waals surface area contributed by atoms with E-state index in [4.69, 9.17) is 0 Å². The average Bonchev–Trinajstić information content (AvgIpc) is 3.28. The number of nitrogens with one attached hydrogen (secondary N) is 4. The van der Waals surface area contributed by atoms with Crippen LogP contribution in [0.15, 0.2) is 24.3 Å². The number of anilines is 2. The highest BCUT2D eigenvalue weighted by Crippen LogP contribution is 2.20. The molecule has 1 aromatic rings. The SMILES string of the molecule is CCC(C)NC(=O)C1CCN(C(=O)Nc2ccc(NC(=O)NC3CCCC3)cc2)CC1. The Balaban J connectivity index is 1.41. The van der Waals surface area contributed by atoms with E-state index in [1.165, 1.54) is 12.8 Å². The van der Waals surface area contributed by atoms with Gasteiger partial charge in [-0.05, 0) is 63.3 Å². The minimum absolute atomic E-state index is 0.0289. The quantitative estimate of drug-likeness (QED) is 0.551. The number of nitrogens with zero attached hydrogens (tertiary/aromatic N) is 1. The van der Waals surface area contributed by atoms with Crippen LogP contribution in [0.4, 0.5) is 21.0 Å². The monoisotopic (exact) mass is 429 g/mol. The minimum atomic E-state index is -0.191. The van der Waals surface area contributed by atoms with Crippen LogP contribution in [0.3, 0.4) is 0 Å². The summed E-state index contributed by atoms with van der Waals surface area (Å²) in [7, 11) is 0. The summed E-state index contributed by atoms with van der Waals surface area (Å²) in [6.45, 7) is 5.17. The number of likely N-dealkylation sites (tertiary alicyclic amines) is 1. The molecule has 1 saturated carbocycles. The maximum absolute atomic E-state index is 12.6. The molecule has 4 N–H and O–H groups in total. The molecule has 8 nitrogen and oxygen atoms in total. The van der Waals surface area contributed by atoms with Crippen LogP contribution in [-0.4, -0.2) is 48.0 Å². The number of rotatable bonds is 6. The highest BCUT2D eigenvalue weighted by Gasteiger charge is 2.27. The lowest BCUT2D eigenvalue weighted by Gasteiger charge is -2.31. The van der Waals surface area contributed by atoms with E-state index in [1.54, 1.807) is 29.2 Å². The Bertz CT molecular complexity index is 753. The Labute approximate surface area is 184 Å². The zero-order valence-corrected chi connectivity index (χ0v) is 18.6. The summed E-state index contributed by atoms with van der Waals surface area (Å²) < 4.78 is 0. The van der Waals surface area contributed by atoms with Crippen molar-refractivity contribution in [3.8, 4) is 0 Å². The third-order valence-electron chi connectivity index (χ3n) is 6.24. The molecule has 1 unspecified atom stereocenters. The van der Waals surface area contributed by atoms with E-state index in [0.29, 0.717) is 37.3 Å². The molecule has 0 aromatic heterocycles. The van der Waals surface area contributed by atoms with Crippen molar-refractivity contribution < 1.29 is 14.4 Å². The molecule has 0 radical (unpaired) electrons. The van der Waals surface area contributed by atoms with Crippen LogP contribution in [0.5, 0.6) is 0 Å². The number of amides is 5. The van der Waals surface area contributed by atoms with Gasteiger partial charge in [-0.3, -0.25) is 4.79 Å². The first-order valence-corrected chi connectivity index (χ1v) is 11.5. The highest BCUT2D eigenvalue weighted by atomic mass is 16.2. The predicted molar refractivity (Wildman–Crippen MR) is 122 cm³/mol. The first-order chi connectivity index (χ1) is 14.9. The van der Waals surface area contributed by atoms with Crippen LogP contribution in [0.1, 0.15) is 58.8 Å². The highest BCUT2D eigenvalue weighted by molar-refractivity contribution is 5.92. The summed E-state index contributed by atoms with van der Waals surface area (Å²) in [6, 6.07) is 7.18. The van der Waals surface area contributed by atoms with Crippen molar-refractivity contribution in [2.45, 2.75) is 70.9 Å². The lowest BCUT2D eigenvalue weighted by molar-refractivity contribution is -0.126. The van der Waals surface area contributed by atoms with Crippen molar-refractivity contribution in [3.05, 3.63) is 24.3 Å². The van der Waals surface area contributed by atoms with Crippen LogP contribution in [0.25, 0.3) is 0 Å². The van der Waals surface area contributed by atoms with E-state index < -0.39 is 0 Å². The second-order valence-corrected chi connectivity index (χ2v) is 8.67. The van der Waals surface area contributed by atoms with Gasteiger partial charge in [0.2, 0.25) is 5.91 Å². The van der Waals surface area contributed by atoms with Crippen LogP contribution < -0.4 is 21.3 Å². The Morgan fingerprint density at radius 2 is 1.55 bits per heavy atom. The number of benzene rings is 1. The molecule has 0 spiro atoms. The fourth-order valence-corrected chi connectivity index (χ4v) is 4.07. The molecule has 0 bridgehead atoms. The number of carbonyl (C=O) groups excluding carboxylic acids is 3. The van der Waals surface area contributed by atoms with Gasteiger partial charge in [0, 0.05) is 42.5 Å². The Morgan fingerprint density at radius 1 is 0.968 bits per heavy atom. The molecule has 170 valence electrons. The van der Waals surface area contributed by atoms with Crippen molar-refractivity contribution in [2.75, 3.05) is 23.7 Å². The molecule has 1 aliphatic carbocycles. The van der Waals surface area contributed by atoms with Gasteiger partial charge >= 0.3 is 12.1 Å². The second kappa shape index (κ2) is 11.0. The fourth-order valence-electron chi connectivity index (χ4n) is 4.07. The maximum Gasteiger partial charge on any atom is 0.321 e. The van der Waals surface area contributed by atoms with E-state index in [1.807, 2.05) is 13.8 Å². The van der Waals surface area contributed by atoms with Crippen molar-refractivity contribution >= 4 is 29.3 Å². The van der Waals surface area contributed by atoms with Gasteiger partial charge in [0.1, 0.15) is 0 Å². The summed E-state index contributed by atoms with van der Waals surface area (Å²) in [5.74, 6) is 0.0632. The van der Waals surface area contributed by atoms with Crippen molar-refractivity contribution in [1.82, 2.24) is 15.5 Å². The molecule has 31 heavy (non-hydrogen) atoms. The van der Waals surface area contributed by atoms with Crippen LogP contribution >= 0.6 is 0 Å². The van der Waals surface area contributed by atoms with Crippen LogP contribution in [0.2, 0.25) is 0 Å². The van der Waals surface area contributed by atoms with E-state index in [2.05, 4.69) is 21.3 Å². The van der Waals surface area contributed by atoms with E-state index in [9.17, 15) is 14.4 Å². The predicted octanol–water partition coefficient (Wildman–Crippen LogP) is 3.91. The molecule has 1 atom stereocenters. The number of carbonyl (C=O) groups is 3. The molecule has 1 saturated heterocycles. The Kier molecular flexibility index (Phi) is 8.14. The normalized spacial score (nSPS) is 18.3. The minimum Gasteiger partial charge on any atom is -0.353 e. The van der Waals surface area contributed by atoms with Gasteiger partial charge < -0.3 is 26.2 Å². The van der Waals surface area contributed by atoms with Gasteiger partial charge in [-0.1, -0.05) is 19.8 Å². The second-order valence-electron chi connectivity index (χ2n) is 8.67. The van der Waals surface area contributed by atoms with Crippen molar-refractivity contribution in [3.63, 3.8) is 0 Å². The lowest BCUT2D eigenvalue weighted by atomic mass is 9.95. The third-order valence-corrected chi connectivity index (χ3v) is 6.24. The largest absolute Gasteiger partial charge is 0.353 e. The lowest BCUT2D eigenvalue weighted by Crippen LogP contribution is -2.45. The molecule has 8 heteroatoms. The van der Waals surface area contributed by atoms with Gasteiger partial charge in [0.15, 0.2) is 0 Å². The molecular weight excluding hydrogens is 394 g/mol. The summed E-state index contributed by atoms with van der Waals surface area (Å²) in [4.78, 5) is 38.6. The molecule has 1 heterocycles. The van der Waals surface area contributed by atoms with Crippen molar-refractivity contribution in [2.24, 2.45) is 5.92 Å². The van der Waals surface area contributed by atoms with Gasteiger partial charge in [-0.15, -0.1) is 0 Å². The van der Waals surface area contributed by atoms with Crippen LogP contribution in [0, 0.1) is 5.92 Å². The van der Waals surface area contributed by atoms with E-state index >= 15 is 0 Å². The summed E-state index contributed by atoms with van der Waals surface area (Å²) in [6.07, 6.45) is 6.68. The van der Waals surface area contributed by atoms with Crippen molar-refractivity contribution in [1.29, 1.82) is 0 Å². The maximum atomic E-state index is 12.6. The topological polar surface area (TPSA) is 103 Å². The number of piperidine rings is 1. The molecule has 2 fully saturated rings.